The first-order valence-electron chi connectivity index (χ1n) is 9.40. The molecule has 2 aromatic rings. The van der Waals surface area contributed by atoms with Crippen LogP contribution in [0.25, 0.3) is 0 Å². The summed E-state index contributed by atoms with van der Waals surface area (Å²) in [6.07, 6.45) is 1.70. The van der Waals surface area contributed by atoms with Crippen LogP contribution < -0.4 is 5.32 Å². The Morgan fingerprint density at radius 1 is 1.04 bits per heavy atom. The molecule has 0 aliphatic rings. The molecule has 0 aliphatic carbocycles. The van der Waals surface area contributed by atoms with Crippen LogP contribution in [-0.2, 0) is 16.1 Å². The van der Waals surface area contributed by atoms with Crippen molar-refractivity contribution in [2.75, 3.05) is 25.5 Å². The molecule has 6 heteroatoms. The maximum Gasteiger partial charge on any atom is 0.239 e. The van der Waals surface area contributed by atoms with E-state index in [9.17, 15) is 9.59 Å². The average molecular weight is 383 g/mol. The summed E-state index contributed by atoms with van der Waals surface area (Å²) in [5.74, 6) is 0.299. The fourth-order valence-electron chi connectivity index (χ4n) is 2.81. The first kappa shape index (κ1) is 21.6. The van der Waals surface area contributed by atoms with Crippen LogP contribution in [0.3, 0.4) is 0 Å². The molecule has 0 saturated heterocycles. The molecule has 1 heterocycles. The molecule has 6 nitrogen and oxygen atoms in total. The second kappa shape index (κ2) is 9.46. The highest BCUT2D eigenvalue weighted by Gasteiger charge is 2.27. The Labute approximate surface area is 167 Å². The minimum atomic E-state index is -0.318. The van der Waals surface area contributed by atoms with Crippen LogP contribution in [0.1, 0.15) is 31.9 Å². The number of rotatable bonds is 7. The van der Waals surface area contributed by atoms with Gasteiger partial charge in [0.2, 0.25) is 11.8 Å². The molecular weight excluding hydrogens is 352 g/mol. The van der Waals surface area contributed by atoms with Gasteiger partial charge in [-0.25, -0.2) is 4.98 Å². The van der Waals surface area contributed by atoms with Crippen LogP contribution in [0, 0.1) is 6.92 Å². The van der Waals surface area contributed by atoms with Gasteiger partial charge in [-0.05, 0) is 51.9 Å². The van der Waals surface area contributed by atoms with Crippen molar-refractivity contribution < 1.29 is 9.59 Å². The van der Waals surface area contributed by atoms with Gasteiger partial charge in [0, 0.05) is 18.3 Å². The fourth-order valence-corrected chi connectivity index (χ4v) is 2.81. The number of nitrogens with zero attached hydrogens (tertiary/aromatic N) is 3. The molecule has 2 rings (SSSR count). The van der Waals surface area contributed by atoms with Crippen molar-refractivity contribution in [1.29, 1.82) is 0 Å². The monoisotopic (exact) mass is 382 g/mol. The quantitative estimate of drug-likeness (QED) is 0.799. The molecule has 0 spiro atoms. The molecule has 0 aliphatic heterocycles. The Balaban J connectivity index is 1.94. The molecule has 1 aromatic heterocycles. The van der Waals surface area contributed by atoms with Crippen LogP contribution in [0.5, 0.6) is 0 Å². The number of benzene rings is 1. The third-order valence-corrected chi connectivity index (χ3v) is 4.29. The lowest BCUT2D eigenvalue weighted by atomic mass is 10.0. The number of aryl methyl sites for hydroxylation is 1. The molecule has 2 amide bonds. The van der Waals surface area contributed by atoms with E-state index < -0.39 is 0 Å². The second-order valence-corrected chi connectivity index (χ2v) is 8.08. The molecule has 0 saturated carbocycles. The maximum atomic E-state index is 12.9. The number of hydrogen-bond donors (Lipinski definition) is 1. The number of carbonyl (C=O) groups is 2. The Bertz CT molecular complexity index is 782. The molecule has 0 bridgehead atoms. The first-order chi connectivity index (χ1) is 13.1. The van der Waals surface area contributed by atoms with E-state index in [0.717, 1.165) is 11.1 Å². The molecule has 1 aromatic carbocycles. The summed E-state index contributed by atoms with van der Waals surface area (Å²) in [6.45, 7) is 8.81. The number of anilines is 1. The molecule has 28 heavy (non-hydrogen) atoms. The van der Waals surface area contributed by atoms with Gasteiger partial charge >= 0.3 is 0 Å². The van der Waals surface area contributed by atoms with Crippen LogP contribution in [0.2, 0.25) is 0 Å². The number of pyridine rings is 1. The predicted molar refractivity (Wildman–Crippen MR) is 112 cm³/mol. The van der Waals surface area contributed by atoms with Gasteiger partial charge < -0.3 is 10.2 Å². The second-order valence-electron chi connectivity index (χ2n) is 8.08. The number of carbonyl (C=O) groups excluding carboxylic acids is 2. The summed E-state index contributed by atoms with van der Waals surface area (Å²) in [4.78, 5) is 32.9. The fraction of sp³-hybridized carbons (Fsp3) is 0.409. The Hall–Kier alpha value is -2.73. The SMILES string of the molecule is Cc1ccc(NC(=O)CN(C)CC(=O)N(Cc2ccccc2)C(C)(C)C)nc1. The Morgan fingerprint density at radius 2 is 1.71 bits per heavy atom. The van der Waals surface area contributed by atoms with E-state index in [1.54, 1.807) is 24.2 Å². The van der Waals surface area contributed by atoms with Gasteiger partial charge in [0.15, 0.2) is 0 Å². The summed E-state index contributed by atoms with van der Waals surface area (Å²) < 4.78 is 0. The van der Waals surface area contributed by atoms with Crippen molar-refractivity contribution in [3.05, 3.63) is 59.8 Å². The number of nitrogens with one attached hydrogen (secondary N) is 1. The van der Waals surface area contributed by atoms with Crippen molar-refractivity contribution in [3.8, 4) is 0 Å². The minimum Gasteiger partial charge on any atom is -0.332 e. The third kappa shape index (κ3) is 6.78. The molecule has 0 radical (unpaired) electrons. The first-order valence-corrected chi connectivity index (χ1v) is 9.40. The van der Waals surface area contributed by atoms with Gasteiger partial charge in [-0.1, -0.05) is 36.4 Å². The largest absolute Gasteiger partial charge is 0.332 e. The lowest BCUT2D eigenvalue weighted by Crippen LogP contribution is -2.49. The predicted octanol–water partition coefficient (Wildman–Crippen LogP) is 3.09. The standard InChI is InChI=1S/C22H30N4O2/c1-17-11-12-19(23-13-17)24-20(27)15-25(5)16-21(28)26(22(2,3)4)14-18-9-7-6-8-10-18/h6-13H,14-16H2,1-5H3,(H,23,24,27). The zero-order valence-electron chi connectivity index (χ0n) is 17.4. The molecular formula is C22H30N4O2. The lowest BCUT2D eigenvalue weighted by Gasteiger charge is -2.37. The van der Waals surface area contributed by atoms with Gasteiger partial charge in [0.25, 0.3) is 0 Å². The van der Waals surface area contributed by atoms with E-state index >= 15 is 0 Å². The van der Waals surface area contributed by atoms with Gasteiger partial charge in [0.05, 0.1) is 13.1 Å². The summed E-state index contributed by atoms with van der Waals surface area (Å²) in [6, 6.07) is 13.6. The van der Waals surface area contributed by atoms with E-state index in [1.165, 1.54) is 0 Å². The van der Waals surface area contributed by atoms with Gasteiger partial charge in [0.1, 0.15) is 5.82 Å². The van der Waals surface area contributed by atoms with Gasteiger partial charge in [-0.15, -0.1) is 0 Å². The molecule has 0 atom stereocenters. The zero-order valence-corrected chi connectivity index (χ0v) is 17.4. The maximum absolute atomic E-state index is 12.9. The van der Waals surface area contributed by atoms with Crippen molar-refractivity contribution in [1.82, 2.24) is 14.8 Å². The van der Waals surface area contributed by atoms with Crippen LogP contribution >= 0.6 is 0 Å². The van der Waals surface area contributed by atoms with Gasteiger partial charge in [-0.2, -0.15) is 0 Å². The van der Waals surface area contributed by atoms with Crippen molar-refractivity contribution in [3.63, 3.8) is 0 Å². The molecule has 0 unspecified atom stereocenters. The highest BCUT2D eigenvalue weighted by molar-refractivity contribution is 5.91. The van der Waals surface area contributed by atoms with Gasteiger partial charge in [-0.3, -0.25) is 14.5 Å². The molecule has 1 N–H and O–H groups in total. The van der Waals surface area contributed by atoms with Crippen LogP contribution in [0.15, 0.2) is 48.7 Å². The summed E-state index contributed by atoms with van der Waals surface area (Å²) in [5.41, 5.74) is 1.79. The zero-order chi connectivity index (χ0) is 20.7. The van der Waals surface area contributed by atoms with E-state index in [2.05, 4.69) is 10.3 Å². The van der Waals surface area contributed by atoms with E-state index in [4.69, 9.17) is 0 Å². The van der Waals surface area contributed by atoms with Crippen LogP contribution in [0.4, 0.5) is 5.82 Å². The number of likely N-dealkylation sites (N-methyl/N-ethyl adjacent to an activating group) is 1. The Morgan fingerprint density at radius 3 is 2.29 bits per heavy atom. The summed E-state index contributed by atoms with van der Waals surface area (Å²) >= 11 is 0. The summed E-state index contributed by atoms with van der Waals surface area (Å²) in [5, 5.41) is 2.76. The van der Waals surface area contributed by atoms with E-state index in [1.807, 2.05) is 69.0 Å². The highest BCUT2D eigenvalue weighted by Crippen LogP contribution is 2.18. The number of amides is 2. The molecule has 150 valence electrons. The normalized spacial score (nSPS) is 11.4. The van der Waals surface area contributed by atoms with Crippen molar-refractivity contribution >= 4 is 17.6 Å². The van der Waals surface area contributed by atoms with E-state index in [0.29, 0.717) is 12.4 Å². The van der Waals surface area contributed by atoms with Crippen molar-refractivity contribution in [2.24, 2.45) is 0 Å². The smallest absolute Gasteiger partial charge is 0.239 e. The average Bonchev–Trinajstić information content (AvgIpc) is 2.61. The summed E-state index contributed by atoms with van der Waals surface area (Å²) in [7, 11) is 1.77. The third-order valence-electron chi connectivity index (χ3n) is 4.29. The molecule has 0 fully saturated rings. The Kier molecular flexibility index (Phi) is 7.29. The highest BCUT2D eigenvalue weighted by atomic mass is 16.2. The van der Waals surface area contributed by atoms with Crippen molar-refractivity contribution in [2.45, 2.75) is 39.8 Å². The minimum absolute atomic E-state index is 0.0138. The topological polar surface area (TPSA) is 65.5 Å². The van der Waals surface area contributed by atoms with E-state index in [-0.39, 0.29) is 30.4 Å². The number of aromatic nitrogens is 1. The van der Waals surface area contributed by atoms with Crippen LogP contribution in [-0.4, -0.2) is 52.3 Å². The lowest BCUT2D eigenvalue weighted by molar-refractivity contribution is -0.137. The number of hydrogen-bond acceptors (Lipinski definition) is 4.